The van der Waals surface area contributed by atoms with Crippen LogP contribution in [0.15, 0.2) is 0 Å². The Bertz CT molecular complexity index is 182. The smallest absolute Gasteiger partial charge is 0.0405 e. The first-order chi connectivity index (χ1) is 7.15. The molecule has 90 valence electrons. The van der Waals surface area contributed by atoms with Crippen LogP contribution in [0.1, 0.15) is 40.0 Å². The lowest BCUT2D eigenvalue weighted by atomic mass is 9.94. The van der Waals surface area contributed by atoms with Gasteiger partial charge in [-0.05, 0) is 18.9 Å². The predicted molar refractivity (Wildman–Crippen MR) is 70.4 cm³/mol. The van der Waals surface area contributed by atoms with Crippen LogP contribution in [0.2, 0.25) is 0 Å². The lowest BCUT2D eigenvalue weighted by molar-refractivity contribution is 0.320. The van der Waals surface area contributed by atoms with Gasteiger partial charge in [0.2, 0.25) is 0 Å². The molecule has 0 radical (unpaired) electrons. The molecule has 1 rings (SSSR count). The fourth-order valence-corrected chi connectivity index (χ4v) is 3.62. The fourth-order valence-electron chi connectivity index (χ4n) is 2.25. The fraction of sp³-hybridized carbons (Fsp3) is 1.00. The van der Waals surface area contributed by atoms with Crippen LogP contribution in [0.25, 0.3) is 0 Å². The highest BCUT2D eigenvalue weighted by atomic mass is 32.2. The maximum Gasteiger partial charge on any atom is 0.0405 e. The van der Waals surface area contributed by atoms with Gasteiger partial charge >= 0.3 is 0 Å². The van der Waals surface area contributed by atoms with Gasteiger partial charge in [-0.3, -0.25) is 0 Å². The van der Waals surface area contributed by atoms with Gasteiger partial charge in [0.25, 0.3) is 0 Å². The van der Waals surface area contributed by atoms with E-state index in [4.69, 9.17) is 5.73 Å². The number of nitrogens with two attached hydrogens (primary N) is 1. The van der Waals surface area contributed by atoms with E-state index in [0.717, 1.165) is 24.3 Å². The maximum atomic E-state index is 5.92. The summed E-state index contributed by atoms with van der Waals surface area (Å²) in [5, 5.41) is 4.50. The van der Waals surface area contributed by atoms with E-state index in [1.165, 1.54) is 25.0 Å². The van der Waals surface area contributed by atoms with Crippen molar-refractivity contribution < 1.29 is 0 Å². The van der Waals surface area contributed by atoms with Gasteiger partial charge in [0, 0.05) is 23.1 Å². The molecule has 1 aliphatic heterocycles. The molecule has 1 heterocycles. The third-order valence-corrected chi connectivity index (χ3v) is 5.09. The molecule has 3 N–H and O–H groups in total. The molecule has 1 aliphatic rings. The summed E-state index contributed by atoms with van der Waals surface area (Å²) in [5.41, 5.74) is 6.15. The van der Waals surface area contributed by atoms with Crippen LogP contribution in [0.4, 0.5) is 0 Å². The average molecular weight is 230 g/mol. The molecule has 1 fully saturated rings. The van der Waals surface area contributed by atoms with Gasteiger partial charge in [0.15, 0.2) is 0 Å². The molecule has 2 atom stereocenters. The van der Waals surface area contributed by atoms with Gasteiger partial charge in [0.1, 0.15) is 0 Å². The SMILES string of the molecule is CCC(CC)CNC1(CN)CSC(C)C1. The maximum absolute atomic E-state index is 5.92. The van der Waals surface area contributed by atoms with Crippen molar-refractivity contribution in [1.29, 1.82) is 0 Å². The zero-order chi connectivity index (χ0) is 11.3. The second-order valence-corrected chi connectivity index (χ2v) is 6.30. The van der Waals surface area contributed by atoms with E-state index in [2.05, 4.69) is 37.8 Å². The molecule has 1 saturated heterocycles. The topological polar surface area (TPSA) is 38.0 Å². The molecule has 2 nitrogen and oxygen atoms in total. The van der Waals surface area contributed by atoms with Crippen LogP contribution < -0.4 is 11.1 Å². The number of nitrogens with one attached hydrogen (secondary N) is 1. The van der Waals surface area contributed by atoms with Crippen molar-refractivity contribution >= 4 is 11.8 Å². The molecule has 0 aliphatic carbocycles. The Hall–Kier alpha value is 0.270. The van der Waals surface area contributed by atoms with Gasteiger partial charge in [-0.15, -0.1) is 0 Å². The van der Waals surface area contributed by atoms with Crippen LogP contribution in [-0.2, 0) is 0 Å². The first kappa shape index (κ1) is 13.3. The van der Waals surface area contributed by atoms with E-state index in [9.17, 15) is 0 Å². The third-order valence-electron chi connectivity index (χ3n) is 3.63. The highest BCUT2D eigenvalue weighted by Crippen LogP contribution is 2.33. The summed E-state index contributed by atoms with van der Waals surface area (Å²) in [6, 6.07) is 0. The molecule has 0 spiro atoms. The summed E-state index contributed by atoms with van der Waals surface area (Å²) in [7, 11) is 0. The normalized spacial score (nSPS) is 31.4. The van der Waals surface area contributed by atoms with E-state index >= 15 is 0 Å². The largest absolute Gasteiger partial charge is 0.329 e. The zero-order valence-corrected chi connectivity index (χ0v) is 11.2. The Kier molecular flexibility index (Phi) is 5.44. The van der Waals surface area contributed by atoms with Crippen molar-refractivity contribution in [3.63, 3.8) is 0 Å². The van der Waals surface area contributed by atoms with Crippen molar-refractivity contribution in [2.75, 3.05) is 18.8 Å². The van der Waals surface area contributed by atoms with Crippen LogP contribution in [0, 0.1) is 5.92 Å². The second-order valence-electron chi connectivity index (χ2n) is 4.87. The van der Waals surface area contributed by atoms with Crippen LogP contribution in [0.3, 0.4) is 0 Å². The Morgan fingerprint density at radius 2 is 2.13 bits per heavy atom. The Morgan fingerprint density at radius 3 is 2.53 bits per heavy atom. The summed E-state index contributed by atoms with van der Waals surface area (Å²) < 4.78 is 0. The van der Waals surface area contributed by atoms with E-state index in [-0.39, 0.29) is 5.54 Å². The second kappa shape index (κ2) is 6.12. The standard InChI is InChI=1S/C12H26N2S/c1-4-11(5-2)7-14-12(8-13)6-10(3)15-9-12/h10-11,14H,4-9,13H2,1-3H3. The van der Waals surface area contributed by atoms with E-state index in [1.54, 1.807) is 0 Å². The number of hydrogen-bond acceptors (Lipinski definition) is 3. The van der Waals surface area contributed by atoms with E-state index in [0.29, 0.717) is 0 Å². The summed E-state index contributed by atoms with van der Waals surface area (Å²) in [5.74, 6) is 2.00. The zero-order valence-electron chi connectivity index (χ0n) is 10.4. The van der Waals surface area contributed by atoms with Crippen molar-refractivity contribution in [3.8, 4) is 0 Å². The molecule has 15 heavy (non-hydrogen) atoms. The average Bonchev–Trinajstić information content (AvgIpc) is 2.63. The van der Waals surface area contributed by atoms with Gasteiger partial charge in [0.05, 0.1) is 0 Å². The highest BCUT2D eigenvalue weighted by molar-refractivity contribution is 8.00. The van der Waals surface area contributed by atoms with Crippen LogP contribution in [0.5, 0.6) is 0 Å². The van der Waals surface area contributed by atoms with Crippen molar-refractivity contribution in [2.45, 2.75) is 50.8 Å². The Morgan fingerprint density at radius 1 is 1.47 bits per heavy atom. The summed E-state index contributed by atoms with van der Waals surface area (Å²) in [4.78, 5) is 0. The highest BCUT2D eigenvalue weighted by Gasteiger charge is 2.36. The minimum Gasteiger partial charge on any atom is -0.329 e. The van der Waals surface area contributed by atoms with Gasteiger partial charge in [-0.25, -0.2) is 0 Å². The van der Waals surface area contributed by atoms with Crippen LogP contribution >= 0.6 is 11.8 Å². The predicted octanol–water partition coefficient (Wildman–Crippen LogP) is 2.24. The summed E-state index contributed by atoms with van der Waals surface area (Å²) in [6.07, 6.45) is 3.77. The Balaban J connectivity index is 2.40. The lowest BCUT2D eigenvalue weighted by Crippen LogP contribution is -2.53. The van der Waals surface area contributed by atoms with Crippen molar-refractivity contribution in [2.24, 2.45) is 11.7 Å². The molecule has 0 amide bonds. The number of rotatable bonds is 6. The molecule has 0 bridgehead atoms. The number of thioether (sulfide) groups is 1. The third kappa shape index (κ3) is 3.65. The number of hydrogen-bond donors (Lipinski definition) is 2. The molecule has 0 aromatic heterocycles. The van der Waals surface area contributed by atoms with Gasteiger partial charge in [-0.1, -0.05) is 33.6 Å². The molecule has 0 saturated carbocycles. The quantitative estimate of drug-likeness (QED) is 0.735. The molecular weight excluding hydrogens is 204 g/mol. The van der Waals surface area contributed by atoms with E-state index < -0.39 is 0 Å². The van der Waals surface area contributed by atoms with E-state index in [1.807, 2.05) is 0 Å². The molecular formula is C12H26N2S. The molecule has 2 unspecified atom stereocenters. The lowest BCUT2D eigenvalue weighted by Gasteiger charge is -2.30. The summed E-state index contributed by atoms with van der Waals surface area (Å²) >= 11 is 2.05. The van der Waals surface area contributed by atoms with Crippen molar-refractivity contribution in [1.82, 2.24) is 5.32 Å². The van der Waals surface area contributed by atoms with Gasteiger partial charge < -0.3 is 11.1 Å². The summed E-state index contributed by atoms with van der Waals surface area (Å²) in [6.45, 7) is 8.77. The molecule has 0 aromatic carbocycles. The first-order valence-corrected chi connectivity index (χ1v) is 7.27. The monoisotopic (exact) mass is 230 g/mol. The molecule has 3 heteroatoms. The molecule has 0 aromatic rings. The minimum atomic E-state index is 0.229. The van der Waals surface area contributed by atoms with Crippen molar-refractivity contribution in [3.05, 3.63) is 0 Å². The van der Waals surface area contributed by atoms with Crippen LogP contribution in [-0.4, -0.2) is 29.6 Å². The van der Waals surface area contributed by atoms with Gasteiger partial charge in [-0.2, -0.15) is 11.8 Å². The first-order valence-electron chi connectivity index (χ1n) is 6.22. The Labute approximate surface area is 98.8 Å². The minimum absolute atomic E-state index is 0.229.